The highest BCUT2D eigenvalue weighted by molar-refractivity contribution is 7.86. The predicted molar refractivity (Wildman–Crippen MR) is 100 cm³/mol. The fourth-order valence-electron chi connectivity index (χ4n) is 3.69. The number of hydrogen-bond donors (Lipinski definition) is 1. The first kappa shape index (κ1) is 19.4. The van der Waals surface area contributed by atoms with Crippen LogP contribution < -0.4 is 14.8 Å². The van der Waals surface area contributed by atoms with Crippen LogP contribution in [0.25, 0.3) is 0 Å². The fraction of sp³-hybridized carbons (Fsp3) is 0.611. The van der Waals surface area contributed by atoms with Crippen LogP contribution in [0, 0.1) is 5.92 Å². The van der Waals surface area contributed by atoms with Crippen molar-refractivity contribution in [2.24, 2.45) is 5.92 Å². The summed E-state index contributed by atoms with van der Waals surface area (Å²) in [5.74, 6) is 0.900. The molecule has 9 nitrogen and oxygen atoms in total. The van der Waals surface area contributed by atoms with E-state index in [1.807, 2.05) is 18.2 Å². The molecule has 3 aliphatic rings. The summed E-state index contributed by atoms with van der Waals surface area (Å²) in [6.07, 6.45) is 1.35. The van der Waals surface area contributed by atoms with Gasteiger partial charge in [0.15, 0.2) is 11.5 Å². The summed E-state index contributed by atoms with van der Waals surface area (Å²) in [6, 6.07) is 5.55. The minimum Gasteiger partial charge on any atom is -0.454 e. The first-order valence-electron chi connectivity index (χ1n) is 9.53. The molecule has 0 saturated carbocycles. The van der Waals surface area contributed by atoms with E-state index in [0.717, 1.165) is 5.56 Å². The van der Waals surface area contributed by atoms with Crippen molar-refractivity contribution in [1.82, 2.24) is 13.9 Å². The maximum absolute atomic E-state index is 12.8. The molecule has 2 fully saturated rings. The molecule has 0 aliphatic carbocycles. The summed E-state index contributed by atoms with van der Waals surface area (Å²) in [5, 5.41) is 2.92. The van der Waals surface area contributed by atoms with E-state index in [-0.39, 0.29) is 25.2 Å². The second-order valence-electron chi connectivity index (χ2n) is 7.12. The van der Waals surface area contributed by atoms with Crippen LogP contribution >= 0.6 is 0 Å². The number of piperidine rings is 1. The molecule has 154 valence electrons. The lowest BCUT2D eigenvalue weighted by molar-refractivity contribution is -0.126. The van der Waals surface area contributed by atoms with Gasteiger partial charge in [0.2, 0.25) is 12.7 Å². The van der Waals surface area contributed by atoms with Crippen molar-refractivity contribution in [3.63, 3.8) is 0 Å². The van der Waals surface area contributed by atoms with Crippen LogP contribution in [-0.2, 0) is 26.3 Å². The van der Waals surface area contributed by atoms with Crippen molar-refractivity contribution in [2.45, 2.75) is 19.4 Å². The Kier molecular flexibility index (Phi) is 5.72. The Labute approximate surface area is 164 Å². The predicted octanol–water partition coefficient (Wildman–Crippen LogP) is 0.321. The lowest BCUT2D eigenvalue weighted by Gasteiger charge is -2.36. The number of amides is 1. The number of carbonyl (C=O) groups excluding carboxylic acids is 1. The third kappa shape index (κ3) is 4.09. The van der Waals surface area contributed by atoms with Crippen LogP contribution in [0.5, 0.6) is 11.5 Å². The summed E-state index contributed by atoms with van der Waals surface area (Å²) in [7, 11) is -3.55. The van der Waals surface area contributed by atoms with Crippen LogP contribution in [0.2, 0.25) is 0 Å². The summed E-state index contributed by atoms with van der Waals surface area (Å²) in [6.45, 7) is 2.78. The molecule has 1 unspecified atom stereocenters. The van der Waals surface area contributed by atoms with E-state index >= 15 is 0 Å². The number of benzene rings is 1. The molecule has 10 heteroatoms. The minimum atomic E-state index is -3.55. The number of nitrogens with zero attached hydrogens (tertiary/aromatic N) is 2. The summed E-state index contributed by atoms with van der Waals surface area (Å²) >= 11 is 0. The van der Waals surface area contributed by atoms with Gasteiger partial charge in [-0.1, -0.05) is 6.07 Å². The standard InChI is InChI=1S/C18H25N3O6S/c22-18(19-11-14-3-4-16-17(10-14)27-13-26-16)15-2-1-5-21(12-15)28(23,24)20-6-8-25-9-7-20/h3-4,10,15H,1-2,5-9,11-13H2,(H,19,22). The SMILES string of the molecule is O=C(NCc1ccc2c(c1)OCO2)C1CCCN(S(=O)(=O)N2CCOCC2)C1. The van der Waals surface area contributed by atoms with Gasteiger partial charge in [-0.3, -0.25) is 4.79 Å². The van der Waals surface area contributed by atoms with Crippen LogP contribution in [0.4, 0.5) is 0 Å². The number of morpholine rings is 1. The van der Waals surface area contributed by atoms with E-state index in [1.165, 1.54) is 8.61 Å². The van der Waals surface area contributed by atoms with Gasteiger partial charge in [-0.2, -0.15) is 17.0 Å². The van der Waals surface area contributed by atoms with Gasteiger partial charge in [0, 0.05) is 32.7 Å². The lowest BCUT2D eigenvalue weighted by atomic mass is 9.98. The van der Waals surface area contributed by atoms with Gasteiger partial charge in [-0.25, -0.2) is 0 Å². The van der Waals surface area contributed by atoms with E-state index in [2.05, 4.69) is 5.32 Å². The minimum absolute atomic E-state index is 0.125. The van der Waals surface area contributed by atoms with Gasteiger partial charge in [0.05, 0.1) is 19.1 Å². The molecule has 3 aliphatic heterocycles. The number of fused-ring (bicyclic) bond motifs is 1. The van der Waals surface area contributed by atoms with E-state index in [9.17, 15) is 13.2 Å². The Balaban J connectivity index is 1.34. The van der Waals surface area contributed by atoms with Crippen LogP contribution in [0.15, 0.2) is 18.2 Å². The normalized spacial score (nSPS) is 23.5. The highest BCUT2D eigenvalue weighted by Crippen LogP contribution is 2.32. The van der Waals surface area contributed by atoms with E-state index < -0.39 is 10.2 Å². The van der Waals surface area contributed by atoms with Crippen molar-refractivity contribution in [3.8, 4) is 11.5 Å². The third-order valence-electron chi connectivity index (χ3n) is 5.28. The number of carbonyl (C=O) groups is 1. The van der Waals surface area contributed by atoms with Crippen molar-refractivity contribution < 1.29 is 27.4 Å². The van der Waals surface area contributed by atoms with Gasteiger partial charge < -0.3 is 19.5 Å². The average Bonchev–Trinajstić information content (AvgIpc) is 3.20. The van der Waals surface area contributed by atoms with E-state index in [1.54, 1.807) is 0 Å². The Morgan fingerprint density at radius 2 is 1.89 bits per heavy atom. The quantitative estimate of drug-likeness (QED) is 0.750. The molecule has 0 spiro atoms. The topological polar surface area (TPSA) is 97.4 Å². The summed E-state index contributed by atoms with van der Waals surface area (Å²) in [4.78, 5) is 12.6. The number of nitrogens with one attached hydrogen (secondary N) is 1. The van der Waals surface area contributed by atoms with Gasteiger partial charge in [0.25, 0.3) is 10.2 Å². The Hall–Kier alpha value is -1.88. The van der Waals surface area contributed by atoms with E-state index in [4.69, 9.17) is 14.2 Å². The second-order valence-corrected chi connectivity index (χ2v) is 9.05. The molecule has 1 atom stereocenters. The Morgan fingerprint density at radius 1 is 1.11 bits per heavy atom. The molecule has 1 amide bonds. The first-order valence-corrected chi connectivity index (χ1v) is 10.9. The van der Waals surface area contributed by atoms with Crippen molar-refractivity contribution >= 4 is 16.1 Å². The maximum Gasteiger partial charge on any atom is 0.282 e. The van der Waals surface area contributed by atoms with Crippen LogP contribution in [-0.4, -0.2) is 69.1 Å². The molecular weight excluding hydrogens is 386 g/mol. The summed E-state index contributed by atoms with van der Waals surface area (Å²) in [5.41, 5.74) is 0.909. The van der Waals surface area contributed by atoms with Crippen molar-refractivity contribution in [1.29, 1.82) is 0 Å². The van der Waals surface area contributed by atoms with Crippen molar-refractivity contribution in [2.75, 3.05) is 46.2 Å². The molecule has 1 N–H and O–H groups in total. The fourth-order valence-corrected chi connectivity index (χ4v) is 5.36. The number of rotatable bonds is 5. The number of ether oxygens (including phenoxy) is 3. The Bertz CT molecular complexity index is 825. The smallest absolute Gasteiger partial charge is 0.282 e. The molecule has 0 radical (unpaired) electrons. The molecular formula is C18H25N3O6S. The second kappa shape index (κ2) is 8.24. The van der Waals surface area contributed by atoms with Crippen molar-refractivity contribution in [3.05, 3.63) is 23.8 Å². The highest BCUT2D eigenvalue weighted by Gasteiger charge is 2.36. The average molecular weight is 411 g/mol. The van der Waals surface area contributed by atoms with Crippen LogP contribution in [0.3, 0.4) is 0 Å². The summed E-state index contributed by atoms with van der Waals surface area (Å²) < 4.78 is 44.4. The number of hydrogen-bond acceptors (Lipinski definition) is 6. The van der Waals surface area contributed by atoms with E-state index in [0.29, 0.717) is 63.7 Å². The Morgan fingerprint density at radius 3 is 2.71 bits per heavy atom. The molecule has 1 aromatic carbocycles. The molecule has 1 aromatic rings. The van der Waals surface area contributed by atoms with Gasteiger partial charge in [0.1, 0.15) is 0 Å². The van der Waals surface area contributed by atoms with Gasteiger partial charge in [-0.05, 0) is 30.5 Å². The molecule has 28 heavy (non-hydrogen) atoms. The largest absolute Gasteiger partial charge is 0.454 e. The molecule has 3 heterocycles. The first-order chi connectivity index (χ1) is 13.5. The van der Waals surface area contributed by atoms with Crippen LogP contribution in [0.1, 0.15) is 18.4 Å². The van der Waals surface area contributed by atoms with Gasteiger partial charge in [-0.15, -0.1) is 0 Å². The zero-order chi connectivity index (χ0) is 19.6. The van der Waals surface area contributed by atoms with Gasteiger partial charge >= 0.3 is 0 Å². The molecule has 0 aromatic heterocycles. The zero-order valence-electron chi connectivity index (χ0n) is 15.6. The molecule has 0 bridgehead atoms. The monoisotopic (exact) mass is 411 g/mol. The highest BCUT2D eigenvalue weighted by atomic mass is 32.2. The molecule has 2 saturated heterocycles. The molecule has 4 rings (SSSR count). The third-order valence-corrected chi connectivity index (χ3v) is 7.28. The zero-order valence-corrected chi connectivity index (χ0v) is 16.4. The maximum atomic E-state index is 12.8. The lowest BCUT2D eigenvalue weighted by Crippen LogP contribution is -2.52.